The summed E-state index contributed by atoms with van der Waals surface area (Å²) in [5, 5.41) is 6.40. The van der Waals surface area contributed by atoms with Crippen LogP contribution in [0.2, 0.25) is 0 Å². The minimum Gasteiger partial charge on any atom is -0.388 e. The number of hydrogen-bond acceptors (Lipinski definition) is 5. The number of thiazole rings is 1. The van der Waals surface area contributed by atoms with Crippen LogP contribution in [0.25, 0.3) is 0 Å². The second-order valence-electron chi connectivity index (χ2n) is 4.38. The smallest absolute Gasteiger partial charge is 0.122 e. The zero-order valence-electron chi connectivity index (χ0n) is 10.2. The molecule has 0 aromatic carbocycles. The molecule has 4 nitrogen and oxygen atoms in total. The Morgan fingerprint density at radius 2 is 2.17 bits per heavy atom. The highest BCUT2D eigenvalue weighted by molar-refractivity contribution is 7.80. The lowest BCUT2D eigenvalue weighted by atomic mass is 10.1. The van der Waals surface area contributed by atoms with Crippen molar-refractivity contribution >= 4 is 34.2 Å². The lowest BCUT2D eigenvalue weighted by Gasteiger charge is -2.25. The van der Waals surface area contributed by atoms with E-state index in [9.17, 15) is 0 Å². The zero-order chi connectivity index (χ0) is 13.2. The van der Waals surface area contributed by atoms with Gasteiger partial charge in [-0.05, 0) is 26.0 Å². The van der Waals surface area contributed by atoms with Crippen molar-refractivity contribution in [2.75, 3.05) is 5.32 Å². The molecular weight excluding hydrogens is 264 g/mol. The van der Waals surface area contributed by atoms with Gasteiger partial charge in [0.05, 0.1) is 11.2 Å². The monoisotopic (exact) mass is 278 g/mol. The molecule has 0 spiro atoms. The third-order valence-electron chi connectivity index (χ3n) is 2.44. The molecule has 0 aliphatic heterocycles. The maximum atomic E-state index is 5.57. The Kier molecular flexibility index (Phi) is 3.58. The molecule has 0 saturated heterocycles. The molecule has 0 fully saturated rings. The van der Waals surface area contributed by atoms with E-state index in [-0.39, 0.29) is 5.54 Å². The van der Waals surface area contributed by atoms with Gasteiger partial charge in [0.15, 0.2) is 0 Å². The molecule has 0 atom stereocenters. The van der Waals surface area contributed by atoms with Crippen LogP contribution in [0.5, 0.6) is 0 Å². The number of rotatable bonds is 4. The standard InChI is InChI=1S/C12H14N4S2/c1-12(2,11-15-5-6-18-11)16-8-3-4-14-9(7-8)10(13)17/h3-7H,1-2H3,(H2,13,17)(H,14,16). The van der Waals surface area contributed by atoms with Crippen molar-refractivity contribution in [1.29, 1.82) is 0 Å². The van der Waals surface area contributed by atoms with E-state index >= 15 is 0 Å². The molecule has 0 aliphatic rings. The van der Waals surface area contributed by atoms with Crippen LogP contribution in [0.4, 0.5) is 5.69 Å². The summed E-state index contributed by atoms with van der Waals surface area (Å²) in [5.41, 5.74) is 6.86. The fraction of sp³-hybridized carbons (Fsp3) is 0.250. The first kappa shape index (κ1) is 12.9. The topological polar surface area (TPSA) is 63.8 Å². The van der Waals surface area contributed by atoms with Gasteiger partial charge in [-0.1, -0.05) is 12.2 Å². The van der Waals surface area contributed by atoms with Gasteiger partial charge < -0.3 is 11.1 Å². The summed E-state index contributed by atoms with van der Waals surface area (Å²) in [7, 11) is 0. The molecule has 94 valence electrons. The molecule has 2 rings (SSSR count). The summed E-state index contributed by atoms with van der Waals surface area (Å²) < 4.78 is 0. The van der Waals surface area contributed by atoms with Gasteiger partial charge in [0, 0.05) is 23.5 Å². The molecule has 6 heteroatoms. The Hall–Kier alpha value is -1.53. The summed E-state index contributed by atoms with van der Waals surface area (Å²) in [5.74, 6) is 0. The van der Waals surface area contributed by atoms with E-state index in [0.717, 1.165) is 10.7 Å². The van der Waals surface area contributed by atoms with E-state index in [2.05, 4.69) is 29.1 Å². The molecule has 18 heavy (non-hydrogen) atoms. The van der Waals surface area contributed by atoms with Crippen LogP contribution in [0, 0.1) is 0 Å². The van der Waals surface area contributed by atoms with Gasteiger partial charge in [-0.25, -0.2) is 4.98 Å². The van der Waals surface area contributed by atoms with Gasteiger partial charge in [-0.3, -0.25) is 4.98 Å². The molecule has 0 aliphatic carbocycles. The molecule has 2 aromatic rings. The van der Waals surface area contributed by atoms with Crippen LogP contribution in [0.15, 0.2) is 29.9 Å². The van der Waals surface area contributed by atoms with Gasteiger partial charge in [-0.15, -0.1) is 11.3 Å². The van der Waals surface area contributed by atoms with Crippen molar-refractivity contribution in [2.24, 2.45) is 5.73 Å². The maximum Gasteiger partial charge on any atom is 0.122 e. The number of nitrogens with zero attached hydrogens (tertiary/aromatic N) is 2. The minimum atomic E-state index is -0.247. The van der Waals surface area contributed by atoms with E-state index in [0.29, 0.717) is 10.7 Å². The SMILES string of the molecule is CC(C)(Nc1ccnc(C(N)=S)c1)c1nccs1. The predicted octanol–water partition coefficient (Wildman–Crippen LogP) is 2.52. The molecule has 0 radical (unpaired) electrons. The quantitative estimate of drug-likeness (QED) is 0.841. The molecule has 3 N–H and O–H groups in total. The van der Waals surface area contributed by atoms with Crippen LogP contribution < -0.4 is 11.1 Å². The van der Waals surface area contributed by atoms with Crippen molar-refractivity contribution in [1.82, 2.24) is 9.97 Å². The fourth-order valence-corrected chi connectivity index (χ4v) is 2.42. The fourth-order valence-electron chi connectivity index (χ4n) is 1.59. The van der Waals surface area contributed by atoms with Crippen molar-refractivity contribution in [3.05, 3.63) is 40.6 Å². The Morgan fingerprint density at radius 3 is 2.78 bits per heavy atom. The summed E-state index contributed by atoms with van der Waals surface area (Å²) in [6.07, 6.45) is 3.49. The first-order valence-corrected chi connectivity index (χ1v) is 6.72. The van der Waals surface area contributed by atoms with Crippen LogP contribution in [-0.2, 0) is 5.54 Å². The van der Waals surface area contributed by atoms with Gasteiger partial charge in [-0.2, -0.15) is 0 Å². The van der Waals surface area contributed by atoms with Crippen molar-refractivity contribution < 1.29 is 0 Å². The molecule has 2 heterocycles. The highest BCUT2D eigenvalue weighted by Crippen LogP contribution is 2.27. The lowest BCUT2D eigenvalue weighted by molar-refractivity contribution is 0.604. The van der Waals surface area contributed by atoms with Crippen LogP contribution in [0.3, 0.4) is 0 Å². The van der Waals surface area contributed by atoms with E-state index in [1.54, 1.807) is 23.7 Å². The number of anilines is 1. The van der Waals surface area contributed by atoms with Gasteiger partial charge >= 0.3 is 0 Å². The first-order chi connectivity index (χ1) is 8.49. The Balaban J connectivity index is 2.24. The summed E-state index contributed by atoms with van der Waals surface area (Å²) in [4.78, 5) is 8.74. The third-order valence-corrected chi connectivity index (χ3v) is 3.74. The third kappa shape index (κ3) is 2.83. The predicted molar refractivity (Wildman–Crippen MR) is 78.9 cm³/mol. The van der Waals surface area contributed by atoms with Crippen molar-refractivity contribution in [2.45, 2.75) is 19.4 Å². The summed E-state index contributed by atoms with van der Waals surface area (Å²) >= 11 is 6.54. The molecule has 2 aromatic heterocycles. The van der Waals surface area contributed by atoms with Gasteiger partial charge in [0.25, 0.3) is 0 Å². The first-order valence-electron chi connectivity index (χ1n) is 5.43. The van der Waals surface area contributed by atoms with Crippen molar-refractivity contribution in [3.63, 3.8) is 0 Å². The van der Waals surface area contributed by atoms with E-state index < -0.39 is 0 Å². The maximum absolute atomic E-state index is 5.57. The summed E-state index contributed by atoms with van der Waals surface area (Å²) in [6.45, 7) is 4.15. The van der Waals surface area contributed by atoms with Gasteiger partial charge in [0.1, 0.15) is 10.00 Å². The number of aromatic nitrogens is 2. The number of pyridine rings is 1. The van der Waals surface area contributed by atoms with Crippen LogP contribution in [-0.4, -0.2) is 15.0 Å². The number of thiocarbonyl (C=S) groups is 1. The van der Waals surface area contributed by atoms with Crippen molar-refractivity contribution in [3.8, 4) is 0 Å². The molecule has 0 amide bonds. The number of nitrogens with two attached hydrogens (primary N) is 1. The average Bonchev–Trinajstić information content (AvgIpc) is 2.82. The Morgan fingerprint density at radius 1 is 1.39 bits per heavy atom. The summed E-state index contributed by atoms with van der Waals surface area (Å²) in [6, 6.07) is 3.73. The largest absolute Gasteiger partial charge is 0.388 e. The number of nitrogens with one attached hydrogen (secondary N) is 1. The normalized spacial score (nSPS) is 11.2. The number of hydrogen-bond donors (Lipinski definition) is 2. The highest BCUT2D eigenvalue weighted by atomic mass is 32.1. The minimum absolute atomic E-state index is 0.247. The Labute approximate surface area is 115 Å². The van der Waals surface area contributed by atoms with Crippen LogP contribution >= 0.6 is 23.6 Å². The molecule has 0 unspecified atom stereocenters. The average molecular weight is 278 g/mol. The van der Waals surface area contributed by atoms with E-state index in [4.69, 9.17) is 18.0 Å². The van der Waals surface area contributed by atoms with Gasteiger partial charge in [0.2, 0.25) is 0 Å². The lowest BCUT2D eigenvalue weighted by Crippen LogP contribution is -2.28. The molecule has 0 bridgehead atoms. The second kappa shape index (κ2) is 4.99. The Bertz CT molecular complexity index is 549. The van der Waals surface area contributed by atoms with Crippen LogP contribution in [0.1, 0.15) is 24.5 Å². The zero-order valence-corrected chi connectivity index (χ0v) is 11.8. The molecule has 0 saturated carbocycles. The van der Waals surface area contributed by atoms with E-state index in [1.807, 2.05) is 17.5 Å². The molecular formula is C12H14N4S2. The highest BCUT2D eigenvalue weighted by Gasteiger charge is 2.23. The van der Waals surface area contributed by atoms with E-state index in [1.165, 1.54) is 0 Å². The second-order valence-corrected chi connectivity index (χ2v) is 5.72.